The minimum absolute atomic E-state index is 0.250. The number of hydrogen-bond acceptors (Lipinski definition) is 7. The zero-order chi connectivity index (χ0) is 20.5. The van der Waals surface area contributed by atoms with Gasteiger partial charge in [0, 0.05) is 45.7 Å². The maximum Gasteiger partial charge on any atom is 0.290 e. The molecule has 0 saturated carbocycles. The van der Waals surface area contributed by atoms with Crippen LogP contribution < -0.4 is 0 Å². The first kappa shape index (κ1) is 24.9. The van der Waals surface area contributed by atoms with E-state index < -0.39 is 0 Å². The lowest BCUT2D eigenvalue weighted by Gasteiger charge is -2.34. The Balaban J connectivity index is 0.000000997. The van der Waals surface area contributed by atoms with Crippen molar-refractivity contribution >= 4 is 12.9 Å². The minimum Gasteiger partial charge on any atom is -0.483 e. The Morgan fingerprint density at radius 2 is 1.96 bits per heavy atom. The summed E-state index contributed by atoms with van der Waals surface area (Å²) in [5, 5.41) is 13.8. The molecule has 1 aliphatic heterocycles. The number of ether oxygens (including phenoxy) is 1. The molecule has 0 amide bonds. The van der Waals surface area contributed by atoms with Gasteiger partial charge in [-0.2, -0.15) is 0 Å². The van der Waals surface area contributed by atoms with E-state index in [-0.39, 0.29) is 12.9 Å². The van der Waals surface area contributed by atoms with Crippen molar-refractivity contribution in [1.82, 2.24) is 19.8 Å². The third-order valence-electron chi connectivity index (χ3n) is 4.05. The highest BCUT2D eigenvalue weighted by Gasteiger charge is 2.20. The molecule has 2 N–H and O–H groups in total. The lowest BCUT2D eigenvalue weighted by Crippen LogP contribution is -2.41. The van der Waals surface area contributed by atoms with Crippen molar-refractivity contribution in [2.75, 3.05) is 46.9 Å². The lowest BCUT2D eigenvalue weighted by molar-refractivity contribution is -0.123. The van der Waals surface area contributed by atoms with Gasteiger partial charge in [-0.25, -0.2) is 0 Å². The topological polar surface area (TPSA) is 116 Å². The maximum atomic E-state index is 8.36. The number of rotatable bonds is 7. The normalized spacial score (nSPS) is 16.5. The van der Waals surface area contributed by atoms with Crippen molar-refractivity contribution in [1.29, 1.82) is 0 Å². The Morgan fingerprint density at radius 3 is 2.52 bits per heavy atom. The second kappa shape index (κ2) is 16.1. The van der Waals surface area contributed by atoms with E-state index in [1.54, 1.807) is 7.11 Å². The Bertz CT molecular complexity index is 495. The van der Waals surface area contributed by atoms with Crippen molar-refractivity contribution in [3.05, 3.63) is 23.8 Å². The van der Waals surface area contributed by atoms with Gasteiger partial charge >= 0.3 is 0 Å². The van der Waals surface area contributed by atoms with Gasteiger partial charge in [-0.05, 0) is 39.3 Å². The van der Waals surface area contributed by atoms with Gasteiger partial charge in [-0.1, -0.05) is 0 Å². The lowest BCUT2D eigenvalue weighted by atomic mass is 9.97. The van der Waals surface area contributed by atoms with Crippen LogP contribution in [0.5, 0.6) is 0 Å². The quantitative estimate of drug-likeness (QED) is 0.663. The zero-order valence-electron chi connectivity index (χ0n) is 16.5. The van der Waals surface area contributed by atoms with Crippen molar-refractivity contribution in [3.63, 3.8) is 0 Å². The van der Waals surface area contributed by atoms with Gasteiger partial charge in [0.15, 0.2) is 0 Å². The molecule has 0 aliphatic carbocycles. The zero-order valence-corrected chi connectivity index (χ0v) is 16.5. The predicted molar refractivity (Wildman–Crippen MR) is 102 cm³/mol. The van der Waals surface area contributed by atoms with Crippen LogP contribution in [0, 0.1) is 12.8 Å². The monoisotopic (exact) mass is 384 g/mol. The smallest absolute Gasteiger partial charge is 0.290 e. The molecule has 0 spiro atoms. The largest absolute Gasteiger partial charge is 0.483 e. The van der Waals surface area contributed by atoms with Crippen LogP contribution in [0.3, 0.4) is 0 Å². The molecule has 1 unspecified atom stereocenters. The van der Waals surface area contributed by atoms with Crippen molar-refractivity contribution in [3.8, 4) is 0 Å². The number of hydrogen-bond donors (Lipinski definition) is 2. The van der Waals surface area contributed by atoms with E-state index in [1.807, 2.05) is 19.3 Å². The second-order valence-electron chi connectivity index (χ2n) is 6.36. The van der Waals surface area contributed by atoms with Crippen molar-refractivity contribution < 1.29 is 24.5 Å². The molecule has 2 heterocycles. The molecule has 154 valence electrons. The highest BCUT2D eigenvalue weighted by atomic mass is 16.5. The number of aryl methyl sites for hydroxylation is 1. The second-order valence-corrected chi connectivity index (χ2v) is 6.36. The summed E-state index contributed by atoms with van der Waals surface area (Å²) in [5.41, 5.74) is 2.03. The molecule has 1 atom stereocenters. The van der Waals surface area contributed by atoms with Gasteiger partial charge in [-0.3, -0.25) is 19.6 Å². The van der Waals surface area contributed by atoms with E-state index in [4.69, 9.17) is 24.5 Å². The first-order valence-corrected chi connectivity index (χ1v) is 8.83. The molecule has 9 nitrogen and oxygen atoms in total. The number of nitrogens with zero attached hydrogens (tertiary/aromatic N) is 4. The maximum absolute atomic E-state index is 8.36. The standard InChI is InChI=1S/C16H28N4O.2CH2O2/c1-14-9-18-16(10-17-14)13-19(2)11-15-5-4-6-20(12-15)7-8-21-3;2*2-1-3/h9-10,15H,4-8,11-13H2,1-3H3;2*1H,(H,2,3). The highest BCUT2D eigenvalue weighted by Crippen LogP contribution is 2.17. The molecule has 27 heavy (non-hydrogen) atoms. The number of carboxylic acid groups (broad SMARTS) is 2. The summed E-state index contributed by atoms with van der Waals surface area (Å²) < 4.78 is 5.18. The molecule has 1 aliphatic rings. The molecule has 2 rings (SSSR count). The average molecular weight is 384 g/mol. The van der Waals surface area contributed by atoms with Crippen LogP contribution in [0.1, 0.15) is 24.2 Å². The van der Waals surface area contributed by atoms with E-state index in [2.05, 4.69) is 26.8 Å². The van der Waals surface area contributed by atoms with Crippen LogP contribution in [-0.4, -0.2) is 89.9 Å². The molecule has 0 aromatic carbocycles. The third-order valence-corrected chi connectivity index (χ3v) is 4.05. The summed E-state index contributed by atoms with van der Waals surface area (Å²) in [4.78, 5) is 30.4. The average Bonchev–Trinajstić information content (AvgIpc) is 2.63. The Hall–Kier alpha value is -2.10. The molecule has 1 saturated heterocycles. The van der Waals surface area contributed by atoms with Crippen molar-refractivity contribution in [2.24, 2.45) is 5.92 Å². The van der Waals surface area contributed by atoms with Crippen LogP contribution in [0.2, 0.25) is 0 Å². The fourth-order valence-corrected chi connectivity index (χ4v) is 3.01. The minimum atomic E-state index is -0.250. The summed E-state index contributed by atoms with van der Waals surface area (Å²) in [5.74, 6) is 0.749. The van der Waals surface area contributed by atoms with E-state index in [1.165, 1.54) is 25.9 Å². The Labute approximate surface area is 161 Å². The molecular formula is C18H32N4O5. The number of methoxy groups -OCH3 is 1. The molecule has 1 aromatic rings. The van der Waals surface area contributed by atoms with Gasteiger partial charge in [-0.15, -0.1) is 0 Å². The van der Waals surface area contributed by atoms with E-state index in [0.717, 1.165) is 43.5 Å². The summed E-state index contributed by atoms with van der Waals surface area (Å²) in [6.07, 6.45) is 6.35. The Kier molecular flexibility index (Phi) is 14.8. The molecule has 0 bridgehead atoms. The predicted octanol–water partition coefficient (Wildman–Crippen LogP) is 0.977. The molecule has 9 heteroatoms. The summed E-state index contributed by atoms with van der Waals surface area (Å²) in [6.45, 7) is 7.76. The Morgan fingerprint density at radius 1 is 1.30 bits per heavy atom. The summed E-state index contributed by atoms with van der Waals surface area (Å²) in [7, 11) is 3.95. The molecule has 1 fully saturated rings. The number of carbonyl (C=O) groups is 2. The first-order chi connectivity index (χ1) is 13.0. The van der Waals surface area contributed by atoms with Crippen LogP contribution in [-0.2, 0) is 20.9 Å². The number of aromatic nitrogens is 2. The van der Waals surface area contributed by atoms with Gasteiger partial charge < -0.3 is 24.7 Å². The van der Waals surface area contributed by atoms with E-state index in [9.17, 15) is 0 Å². The van der Waals surface area contributed by atoms with E-state index >= 15 is 0 Å². The summed E-state index contributed by atoms with van der Waals surface area (Å²) >= 11 is 0. The van der Waals surface area contributed by atoms with Gasteiger partial charge in [0.05, 0.1) is 18.0 Å². The number of likely N-dealkylation sites (tertiary alicyclic amines) is 1. The molecule has 1 aromatic heterocycles. The van der Waals surface area contributed by atoms with Gasteiger partial charge in [0.1, 0.15) is 0 Å². The van der Waals surface area contributed by atoms with Crippen LogP contribution >= 0.6 is 0 Å². The fourth-order valence-electron chi connectivity index (χ4n) is 3.01. The fraction of sp³-hybridized carbons (Fsp3) is 0.667. The van der Waals surface area contributed by atoms with Crippen LogP contribution in [0.15, 0.2) is 12.4 Å². The summed E-state index contributed by atoms with van der Waals surface area (Å²) in [6, 6.07) is 0. The third kappa shape index (κ3) is 12.8. The van der Waals surface area contributed by atoms with Gasteiger partial charge in [0.25, 0.3) is 12.9 Å². The van der Waals surface area contributed by atoms with Crippen molar-refractivity contribution in [2.45, 2.75) is 26.3 Å². The highest BCUT2D eigenvalue weighted by molar-refractivity contribution is 5.33. The SMILES string of the molecule is COCCN1CCCC(CN(C)Cc2cnc(C)cn2)C1.O=CO.O=CO. The first-order valence-electron chi connectivity index (χ1n) is 8.83. The van der Waals surface area contributed by atoms with E-state index in [0.29, 0.717) is 0 Å². The molecule has 0 radical (unpaired) electrons. The van der Waals surface area contributed by atoms with Crippen LogP contribution in [0.25, 0.3) is 0 Å². The van der Waals surface area contributed by atoms with Crippen LogP contribution in [0.4, 0.5) is 0 Å². The van der Waals surface area contributed by atoms with Gasteiger partial charge in [0.2, 0.25) is 0 Å². The molecular weight excluding hydrogens is 352 g/mol. The number of piperidine rings is 1.